The second-order valence-electron chi connectivity index (χ2n) is 5.59. The van der Waals surface area contributed by atoms with E-state index in [1.807, 2.05) is 13.0 Å². The third-order valence-electron chi connectivity index (χ3n) is 4.34. The first-order valence-corrected chi connectivity index (χ1v) is 7.37. The number of alkyl halides is 1. The van der Waals surface area contributed by atoms with Gasteiger partial charge >= 0.3 is 0 Å². The Morgan fingerprint density at radius 2 is 1.95 bits per heavy atom. The van der Waals surface area contributed by atoms with Crippen molar-refractivity contribution < 1.29 is 9.66 Å². The molecule has 0 N–H and O–H groups in total. The average Bonchev–Trinajstić information content (AvgIpc) is 2.63. The zero-order chi connectivity index (χ0) is 14.9. The Kier molecular flexibility index (Phi) is 4.66. The molecular formula is C15H20ClNO3. The van der Waals surface area contributed by atoms with Crippen molar-refractivity contribution in [3.63, 3.8) is 0 Å². The summed E-state index contributed by atoms with van der Waals surface area (Å²) in [6, 6.07) is 6.80. The Morgan fingerprint density at radius 1 is 1.30 bits per heavy atom. The predicted octanol–water partition coefficient (Wildman–Crippen LogP) is 3.80. The molecule has 1 aliphatic heterocycles. The third-order valence-corrected chi connectivity index (χ3v) is 4.79. The number of halogens is 1. The van der Waals surface area contributed by atoms with Crippen molar-refractivity contribution in [1.82, 2.24) is 0 Å². The van der Waals surface area contributed by atoms with Crippen LogP contribution in [0.25, 0.3) is 0 Å². The van der Waals surface area contributed by atoms with E-state index >= 15 is 0 Å². The van der Waals surface area contributed by atoms with Gasteiger partial charge < -0.3 is 4.74 Å². The molecule has 5 unspecified atom stereocenters. The second kappa shape index (κ2) is 6.10. The van der Waals surface area contributed by atoms with Crippen LogP contribution in [0.1, 0.15) is 26.3 Å². The topological polar surface area (TPSA) is 52.4 Å². The van der Waals surface area contributed by atoms with Gasteiger partial charge in [0, 0.05) is 22.9 Å². The largest absolute Gasteiger partial charge is 0.375 e. The van der Waals surface area contributed by atoms with Gasteiger partial charge in [-0.1, -0.05) is 25.1 Å². The molecule has 0 radical (unpaired) electrons. The van der Waals surface area contributed by atoms with E-state index in [1.54, 1.807) is 12.1 Å². The number of nitro benzene ring substituents is 1. The minimum atomic E-state index is -0.348. The fraction of sp³-hybridized carbons (Fsp3) is 0.600. The van der Waals surface area contributed by atoms with E-state index in [-0.39, 0.29) is 34.1 Å². The molecule has 1 aliphatic rings. The number of hydrogen-bond acceptors (Lipinski definition) is 3. The van der Waals surface area contributed by atoms with Crippen LogP contribution in [-0.2, 0) is 11.2 Å². The number of benzene rings is 1. The Labute approximate surface area is 124 Å². The first kappa shape index (κ1) is 15.3. The van der Waals surface area contributed by atoms with E-state index in [2.05, 4.69) is 13.8 Å². The summed E-state index contributed by atoms with van der Waals surface area (Å²) in [6.07, 6.45) is 0.765. The number of nitrogens with zero attached hydrogens (tertiary/aromatic N) is 1. The quantitative estimate of drug-likeness (QED) is 0.482. The van der Waals surface area contributed by atoms with Crippen LogP contribution in [0.3, 0.4) is 0 Å². The number of nitro groups is 1. The maximum Gasteiger partial charge on any atom is 0.272 e. The van der Waals surface area contributed by atoms with Gasteiger partial charge in [-0.05, 0) is 26.2 Å². The molecule has 110 valence electrons. The van der Waals surface area contributed by atoms with Crippen molar-refractivity contribution >= 4 is 17.3 Å². The monoisotopic (exact) mass is 297 g/mol. The van der Waals surface area contributed by atoms with Gasteiger partial charge in [0.25, 0.3) is 5.69 Å². The molecule has 1 fully saturated rings. The molecule has 1 aromatic rings. The molecule has 0 saturated carbocycles. The SMILES string of the molecule is CC1OC(C)C(C(Cl)Cc2ccccc2[N+](=O)[O-])C1C. The first-order valence-electron chi connectivity index (χ1n) is 6.93. The van der Waals surface area contributed by atoms with Crippen LogP contribution in [-0.4, -0.2) is 22.5 Å². The summed E-state index contributed by atoms with van der Waals surface area (Å²) in [4.78, 5) is 10.7. The van der Waals surface area contributed by atoms with Gasteiger partial charge in [-0.3, -0.25) is 10.1 Å². The van der Waals surface area contributed by atoms with E-state index in [0.29, 0.717) is 17.9 Å². The lowest BCUT2D eigenvalue weighted by Gasteiger charge is -2.24. The maximum atomic E-state index is 11.0. The standard InChI is InChI=1S/C15H20ClNO3/c1-9-10(2)20-11(3)15(9)13(16)8-12-6-4-5-7-14(12)17(18)19/h4-7,9-11,13,15H,8H2,1-3H3. The van der Waals surface area contributed by atoms with E-state index in [4.69, 9.17) is 16.3 Å². The third kappa shape index (κ3) is 2.96. The zero-order valence-electron chi connectivity index (χ0n) is 12.0. The van der Waals surface area contributed by atoms with Gasteiger partial charge in [-0.15, -0.1) is 11.6 Å². The van der Waals surface area contributed by atoms with Crippen molar-refractivity contribution in [3.8, 4) is 0 Å². The lowest BCUT2D eigenvalue weighted by Crippen LogP contribution is -2.28. The normalized spacial score (nSPS) is 31.2. The van der Waals surface area contributed by atoms with Gasteiger partial charge in [0.05, 0.1) is 17.1 Å². The fourth-order valence-electron chi connectivity index (χ4n) is 3.12. The van der Waals surface area contributed by atoms with Crippen molar-refractivity contribution in [1.29, 1.82) is 0 Å². The van der Waals surface area contributed by atoms with Crippen LogP contribution in [0.15, 0.2) is 24.3 Å². The van der Waals surface area contributed by atoms with Gasteiger partial charge in [-0.25, -0.2) is 0 Å². The van der Waals surface area contributed by atoms with E-state index in [0.717, 1.165) is 0 Å². The highest BCUT2D eigenvalue weighted by Gasteiger charge is 2.41. The van der Waals surface area contributed by atoms with Gasteiger partial charge in [0.15, 0.2) is 0 Å². The first-order chi connectivity index (χ1) is 9.41. The number of ether oxygens (including phenoxy) is 1. The second-order valence-corrected chi connectivity index (χ2v) is 6.15. The van der Waals surface area contributed by atoms with Crippen molar-refractivity contribution in [2.45, 2.75) is 44.8 Å². The Hall–Kier alpha value is -1.13. The maximum absolute atomic E-state index is 11.0. The van der Waals surface area contributed by atoms with Crippen molar-refractivity contribution in [3.05, 3.63) is 39.9 Å². The minimum Gasteiger partial charge on any atom is -0.375 e. The highest BCUT2D eigenvalue weighted by molar-refractivity contribution is 6.21. The van der Waals surface area contributed by atoms with E-state index in [9.17, 15) is 10.1 Å². The summed E-state index contributed by atoms with van der Waals surface area (Å²) in [5, 5.41) is 10.9. The molecule has 0 spiro atoms. The van der Waals surface area contributed by atoms with Crippen LogP contribution in [0.4, 0.5) is 5.69 Å². The molecule has 5 heteroatoms. The van der Waals surface area contributed by atoms with Gasteiger partial charge in [-0.2, -0.15) is 0 Å². The summed E-state index contributed by atoms with van der Waals surface area (Å²) in [6.45, 7) is 6.21. The van der Waals surface area contributed by atoms with Crippen LogP contribution in [0.5, 0.6) is 0 Å². The molecule has 0 aromatic heterocycles. The summed E-state index contributed by atoms with van der Waals surface area (Å²) in [5.74, 6) is 0.571. The van der Waals surface area contributed by atoms with E-state index < -0.39 is 0 Å². The molecule has 0 aliphatic carbocycles. The highest BCUT2D eigenvalue weighted by Crippen LogP contribution is 2.38. The van der Waals surface area contributed by atoms with Gasteiger partial charge in [0.2, 0.25) is 0 Å². The molecule has 5 atom stereocenters. The number of rotatable bonds is 4. The van der Waals surface area contributed by atoms with Crippen LogP contribution >= 0.6 is 11.6 Å². The molecule has 0 amide bonds. The van der Waals surface area contributed by atoms with Crippen LogP contribution in [0, 0.1) is 22.0 Å². The lowest BCUT2D eigenvalue weighted by atomic mass is 9.84. The van der Waals surface area contributed by atoms with Crippen LogP contribution < -0.4 is 0 Å². The van der Waals surface area contributed by atoms with Crippen molar-refractivity contribution in [2.24, 2.45) is 11.8 Å². The summed E-state index contributed by atoms with van der Waals surface area (Å²) >= 11 is 6.55. The molecule has 4 nitrogen and oxygen atoms in total. The molecular weight excluding hydrogens is 278 g/mol. The molecule has 1 saturated heterocycles. The molecule has 0 bridgehead atoms. The van der Waals surface area contributed by atoms with E-state index in [1.165, 1.54) is 6.07 Å². The minimum absolute atomic E-state index is 0.0882. The fourth-order valence-corrected chi connectivity index (χ4v) is 3.73. The molecule has 1 heterocycles. The smallest absolute Gasteiger partial charge is 0.272 e. The summed E-state index contributed by atoms with van der Waals surface area (Å²) in [7, 11) is 0. The average molecular weight is 298 g/mol. The Morgan fingerprint density at radius 3 is 2.50 bits per heavy atom. The molecule has 2 rings (SSSR count). The lowest BCUT2D eigenvalue weighted by molar-refractivity contribution is -0.385. The Balaban J connectivity index is 2.16. The number of hydrogen-bond donors (Lipinski definition) is 0. The highest BCUT2D eigenvalue weighted by atomic mass is 35.5. The van der Waals surface area contributed by atoms with Gasteiger partial charge in [0.1, 0.15) is 0 Å². The van der Waals surface area contributed by atoms with Crippen LogP contribution in [0.2, 0.25) is 0 Å². The zero-order valence-corrected chi connectivity index (χ0v) is 12.7. The summed E-state index contributed by atoms with van der Waals surface area (Å²) < 4.78 is 5.80. The summed E-state index contributed by atoms with van der Waals surface area (Å²) in [5.41, 5.74) is 0.835. The predicted molar refractivity (Wildman–Crippen MR) is 79.1 cm³/mol. The Bertz CT molecular complexity index is 494. The molecule has 20 heavy (non-hydrogen) atoms. The van der Waals surface area contributed by atoms with Crippen molar-refractivity contribution in [2.75, 3.05) is 0 Å². The number of para-hydroxylation sites is 1. The molecule has 1 aromatic carbocycles.